The van der Waals surface area contributed by atoms with Crippen LogP contribution in [0.3, 0.4) is 0 Å². The lowest BCUT2D eigenvalue weighted by Gasteiger charge is -2.25. The van der Waals surface area contributed by atoms with Crippen LogP contribution in [0, 0.1) is 0 Å². The van der Waals surface area contributed by atoms with E-state index in [1.165, 1.54) is 21.9 Å². The van der Waals surface area contributed by atoms with Gasteiger partial charge >= 0.3 is 0 Å². The van der Waals surface area contributed by atoms with Crippen molar-refractivity contribution in [1.82, 2.24) is 5.32 Å². The number of amidine groups is 2. The molecule has 0 radical (unpaired) electrons. The van der Waals surface area contributed by atoms with Crippen molar-refractivity contribution in [2.75, 3.05) is 0 Å². The van der Waals surface area contributed by atoms with Crippen molar-refractivity contribution in [2.45, 2.75) is 6.17 Å². The SMILES string of the molecule is c1ccc(-c2ccc(-c3ccc(C4N=C(c5ccc6ccccc6c5)N=C(c5ccc6ccccc6c5)N4)c4c3oc3ccccc34)cc2)cc1. The Morgan fingerprint density at radius 1 is 0.471 bits per heavy atom. The Labute approximate surface area is 295 Å². The normalized spacial score (nSPS) is 14.5. The van der Waals surface area contributed by atoms with Crippen LogP contribution in [-0.2, 0) is 0 Å². The molecule has 1 unspecified atom stereocenters. The summed E-state index contributed by atoms with van der Waals surface area (Å²) in [5, 5.41) is 10.5. The number of nitrogens with one attached hydrogen (secondary N) is 1. The number of aliphatic imine (C=N–C) groups is 2. The molecule has 1 N–H and O–H groups in total. The van der Waals surface area contributed by atoms with E-state index in [0.29, 0.717) is 5.84 Å². The van der Waals surface area contributed by atoms with Gasteiger partial charge in [0.1, 0.15) is 23.2 Å². The first-order valence-electron chi connectivity index (χ1n) is 17.3. The Morgan fingerprint density at radius 3 is 1.82 bits per heavy atom. The summed E-state index contributed by atoms with van der Waals surface area (Å²) in [5.74, 6) is 1.47. The highest BCUT2D eigenvalue weighted by Crippen LogP contribution is 2.41. The van der Waals surface area contributed by atoms with Gasteiger partial charge in [-0.25, -0.2) is 9.98 Å². The number of hydrogen-bond acceptors (Lipinski definition) is 4. The summed E-state index contributed by atoms with van der Waals surface area (Å²) in [6.07, 6.45) is -0.413. The van der Waals surface area contributed by atoms with Crippen LogP contribution < -0.4 is 5.32 Å². The van der Waals surface area contributed by atoms with Crippen LogP contribution in [0.5, 0.6) is 0 Å². The average Bonchev–Trinajstić information content (AvgIpc) is 3.60. The van der Waals surface area contributed by atoms with Crippen molar-refractivity contribution in [3.63, 3.8) is 0 Å². The molecule has 4 heteroatoms. The molecule has 9 aromatic rings. The summed E-state index contributed by atoms with van der Waals surface area (Å²) in [4.78, 5) is 10.5. The molecule has 1 atom stereocenters. The number of para-hydroxylation sites is 1. The standard InChI is InChI=1S/C47H31N3O/c1-2-10-30(11-3-1)33-18-22-34(23-19-33)39-26-27-41(43-40-16-8-9-17-42(40)51-44(39)43)47-49-45(37-24-20-31-12-4-6-14-35(31)28-37)48-46(50-47)38-25-21-32-13-5-7-15-36(32)29-38/h1-29,47H,(H,48,49,50). The van der Waals surface area contributed by atoms with Gasteiger partial charge in [0.2, 0.25) is 0 Å². The fraction of sp³-hybridized carbons (Fsp3) is 0.0213. The van der Waals surface area contributed by atoms with E-state index >= 15 is 0 Å². The maximum atomic E-state index is 6.70. The van der Waals surface area contributed by atoms with Crippen molar-refractivity contribution in [2.24, 2.45) is 9.98 Å². The van der Waals surface area contributed by atoms with Crippen molar-refractivity contribution < 1.29 is 4.42 Å². The molecule has 0 saturated heterocycles. The molecular weight excluding hydrogens is 623 g/mol. The second kappa shape index (κ2) is 12.0. The Morgan fingerprint density at radius 2 is 1.06 bits per heavy atom. The predicted octanol–water partition coefficient (Wildman–Crippen LogP) is 11.7. The second-order valence-corrected chi connectivity index (χ2v) is 13.0. The third-order valence-electron chi connectivity index (χ3n) is 9.93. The van der Waals surface area contributed by atoms with E-state index in [1.54, 1.807) is 0 Å². The molecule has 0 bridgehead atoms. The first-order chi connectivity index (χ1) is 25.2. The number of rotatable bonds is 5. The van der Waals surface area contributed by atoms with Crippen LogP contribution in [-0.4, -0.2) is 11.7 Å². The van der Waals surface area contributed by atoms with E-state index in [1.807, 2.05) is 18.2 Å². The minimum atomic E-state index is -0.413. The fourth-order valence-corrected chi connectivity index (χ4v) is 7.33. The van der Waals surface area contributed by atoms with Crippen LogP contribution in [0.25, 0.3) is 65.7 Å². The molecule has 0 fully saturated rings. The van der Waals surface area contributed by atoms with Crippen molar-refractivity contribution in [1.29, 1.82) is 0 Å². The molecule has 1 aliphatic heterocycles. The largest absolute Gasteiger partial charge is 0.455 e. The van der Waals surface area contributed by atoms with E-state index in [-0.39, 0.29) is 0 Å². The van der Waals surface area contributed by atoms with Gasteiger partial charge in [0.05, 0.1) is 0 Å². The predicted molar refractivity (Wildman–Crippen MR) is 211 cm³/mol. The van der Waals surface area contributed by atoms with Crippen molar-refractivity contribution >= 4 is 55.2 Å². The molecule has 240 valence electrons. The topological polar surface area (TPSA) is 49.9 Å². The first kappa shape index (κ1) is 29.2. The fourth-order valence-electron chi connectivity index (χ4n) is 7.33. The summed E-state index contributed by atoms with van der Waals surface area (Å²) in [5.41, 5.74) is 9.23. The molecule has 0 amide bonds. The van der Waals surface area contributed by atoms with Crippen molar-refractivity contribution in [3.05, 3.63) is 193 Å². The van der Waals surface area contributed by atoms with Gasteiger partial charge < -0.3 is 9.73 Å². The van der Waals surface area contributed by atoms with E-state index in [9.17, 15) is 0 Å². The lowest BCUT2D eigenvalue weighted by Crippen LogP contribution is -2.33. The number of benzene rings is 8. The summed E-state index contributed by atoms with van der Waals surface area (Å²) >= 11 is 0. The molecule has 51 heavy (non-hydrogen) atoms. The van der Waals surface area contributed by atoms with E-state index in [0.717, 1.165) is 66.4 Å². The van der Waals surface area contributed by atoms with Gasteiger partial charge in [-0.15, -0.1) is 0 Å². The van der Waals surface area contributed by atoms with Gasteiger partial charge in [-0.05, 0) is 56.4 Å². The maximum absolute atomic E-state index is 6.70. The zero-order valence-electron chi connectivity index (χ0n) is 27.6. The lowest BCUT2D eigenvalue weighted by molar-refractivity contribution is 0.663. The molecule has 4 nitrogen and oxygen atoms in total. The number of furan rings is 1. The minimum Gasteiger partial charge on any atom is -0.455 e. The molecule has 0 saturated carbocycles. The Kier molecular flexibility index (Phi) is 6.85. The zero-order valence-corrected chi connectivity index (χ0v) is 27.6. The minimum absolute atomic E-state index is 0.413. The van der Waals surface area contributed by atoms with Crippen LogP contribution in [0.1, 0.15) is 22.9 Å². The third kappa shape index (κ3) is 5.17. The van der Waals surface area contributed by atoms with Crippen molar-refractivity contribution in [3.8, 4) is 22.3 Å². The Bertz CT molecular complexity index is 2830. The average molecular weight is 654 g/mol. The van der Waals surface area contributed by atoms with E-state index in [2.05, 4.69) is 163 Å². The van der Waals surface area contributed by atoms with Gasteiger partial charge in [-0.3, -0.25) is 0 Å². The highest BCUT2D eigenvalue weighted by Gasteiger charge is 2.26. The highest BCUT2D eigenvalue weighted by atomic mass is 16.3. The van der Waals surface area contributed by atoms with Crippen LogP contribution >= 0.6 is 0 Å². The lowest BCUT2D eigenvalue weighted by atomic mass is 9.95. The molecule has 1 aliphatic rings. The number of nitrogens with zero attached hydrogens (tertiary/aromatic N) is 2. The maximum Gasteiger partial charge on any atom is 0.159 e. The smallest absolute Gasteiger partial charge is 0.159 e. The molecule has 0 spiro atoms. The molecular formula is C47H31N3O. The van der Waals surface area contributed by atoms with Gasteiger partial charge in [-0.1, -0.05) is 158 Å². The molecule has 0 aliphatic carbocycles. The molecule has 1 aromatic heterocycles. The zero-order chi connectivity index (χ0) is 33.7. The van der Waals surface area contributed by atoms with Gasteiger partial charge in [-0.2, -0.15) is 0 Å². The summed E-state index contributed by atoms with van der Waals surface area (Å²) in [6, 6.07) is 61.6. The monoisotopic (exact) mass is 653 g/mol. The van der Waals surface area contributed by atoms with E-state index in [4.69, 9.17) is 14.4 Å². The molecule has 8 aromatic carbocycles. The van der Waals surface area contributed by atoms with Gasteiger partial charge in [0.25, 0.3) is 0 Å². The van der Waals surface area contributed by atoms with Gasteiger partial charge in [0.15, 0.2) is 5.84 Å². The molecule has 2 heterocycles. The summed E-state index contributed by atoms with van der Waals surface area (Å²) in [7, 11) is 0. The number of fused-ring (bicyclic) bond motifs is 5. The highest BCUT2D eigenvalue weighted by molar-refractivity contribution is 6.16. The summed E-state index contributed by atoms with van der Waals surface area (Å²) in [6.45, 7) is 0. The van der Waals surface area contributed by atoms with Crippen LogP contribution in [0.15, 0.2) is 190 Å². The number of hydrogen-bond donors (Lipinski definition) is 1. The quantitative estimate of drug-likeness (QED) is 0.201. The van der Waals surface area contributed by atoms with Crippen LogP contribution in [0.4, 0.5) is 0 Å². The summed E-state index contributed by atoms with van der Waals surface area (Å²) < 4.78 is 6.70. The molecule has 10 rings (SSSR count). The van der Waals surface area contributed by atoms with E-state index < -0.39 is 6.17 Å². The Hall–Kier alpha value is -6.78. The third-order valence-corrected chi connectivity index (χ3v) is 9.93. The first-order valence-corrected chi connectivity index (χ1v) is 17.3. The Balaban J connectivity index is 1.14. The second-order valence-electron chi connectivity index (χ2n) is 13.0. The van der Waals surface area contributed by atoms with Crippen LogP contribution in [0.2, 0.25) is 0 Å². The van der Waals surface area contributed by atoms with Gasteiger partial charge in [0, 0.05) is 33.0 Å².